The second-order valence-corrected chi connectivity index (χ2v) is 8.10. The Morgan fingerprint density at radius 2 is 1.96 bits per heavy atom. The van der Waals surface area contributed by atoms with Crippen LogP contribution in [-0.4, -0.2) is 54.8 Å². The maximum atomic E-state index is 12.5. The normalized spacial score (nSPS) is 19.6. The molecule has 1 saturated heterocycles. The number of hydrogen-bond acceptors (Lipinski definition) is 4. The molecule has 0 aromatic carbocycles. The predicted octanol–water partition coefficient (Wildman–Crippen LogP) is 0.988. The zero-order chi connectivity index (χ0) is 17.4. The number of rotatable bonds is 4. The van der Waals surface area contributed by atoms with Crippen LogP contribution in [0, 0.1) is 13.8 Å². The molecule has 1 aromatic rings. The number of aryl methyl sites for hydroxylation is 1. The molecule has 1 fully saturated rings. The van der Waals surface area contributed by atoms with Crippen LogP contribution in [0.15, 0.2) is 0 Å². The van der Waals surface area contributed by atoms with Crippen LogP contribution >= 0.6 is 0 Å². The first-order valence-electron chi connectivity index (χ1n) is 7.57. The lowest BCUT2D eigenvalue weighted by Gasteiger charge is -2.31. The number of Topliss-reactive ketones (excluding diaryl/α,β-unsaturated/α-hetero) is 1. The fourth-order valence-corrected chi connectivity index (χ4v) is 4.04. The van der Waals surface area contributed by atoms with Crippen LogP contribution in [0.5, 0.6) is 0 Å². The highest BCUT2D eigenvalue weighted by molar-refractivity contribution is 7.88. The minimum Gasteiger partial charge on any atom is -0.354 e. The average molecular weight is 341 g/mol. The Labute approximate surface area is 136 Å². The first kappa shape index (κ1) is 17.7. The Bertz CT molecular complexity index is 736. The minimum atomic E-state index is -3.25. The van der Waals surface area contributed by atoms with E-state index in [0.717, 1.165) is 6.42 Å². The molecule has 0 saturated carbocycles. The molecule has 8 heteroatoms. The third-order valence-corrected chi connectivity index (χ3v) is 5.47. The molecule has 2 rings (SSSR count). The van der Waals surface area contributed by atoms with Crippen molar-refractivity contribution in [1.29, 1.82) is 0 Å². The summed E-state index contributed by atoms with van der Waals surface area (Å²) in [4.78, 5) is 27.1. The summed E-state index contributed by atoms with van der Waals surface area (Å²) in [7, 11) is -3.25. The van der Waals surface area contributed by atoms with Crippen molar-refractivity contribution in [3.05, 3.63) is 22.5 Å². The van der Waals surface area contributed by atoms with Crippen molar-refractivity contribution in [2.24, 2.45) is 0 Å². The Kier molecular flexibility index (Phi) is 4.95. The summed E-state index contributed by atoms with van der Waals surface area (Å²) < 4.78 is 24.7. The number of nitrogens with one attached hydrogen (secondary N) is 2. The minimum absolute atomic E-state index is 0.0868. The van der Waals surface area contributed by atoms with Crippen LogP contribution in [0.3, 0.4) is 0 Å². The summed E-state index contributed by atoms with van der Waals surface area (Å²) in [5, 5.41) is 2.87. The van der Waals surface area contributed by atoms with Gasteiger partial charge >= 0.3 is 0 Å². The summed E-state index contributed by atoms with van der Waals surface area (Å²) in [6.45, 7) is 5.73. The molecule has 23 heavy (non-hydrogen) atoms. The molecule has 128 valence electrons. The number of aromatic nitrogens is 1. The summed E-state index contributed by atoms with van der Waals surface area (Å²) in [5.41, 5.74) is 2.20. The lowest BCUT2D eigenvalue weighted by molar-refractivity contribution is 0.0916. The third-order valence-electron chi connectivity index (χ3n) is 4.20. The van der Waals surface area contributed by atoms with Gasteiger partial charge in [0, 0.05) is 30.4 Å². The molecule has 0 radical (unpaired) electrons. The molecule has 7 nitrogen and oxygen atoms in total. The molecule has 1 aliphatic rings. The number of ketones is 1. The van der Waals surface area contributed by atoms with E-state index in [4.69, 9.17) is 0 Å². The number of H-pyrrole nitrogens is 1. The standard InChI is InChI=1S/C15H23N3O4S/c1-9-13(11(3)19)10(2)16-14(9)15(20)17-12-6-5-7-18(8-12)23(4,21)22/h12,16H,5-8H2,1-4H3,(H,17,20). The third kappa shape index (κ3) is 3.81. The highest BCUT2D eigenvalue weighted by Gasteiger charge is 2.28. The zero-order valence-corrected chi connectivity index (χ0v) is 14.7. The van der Waals surface area contributed by atoms with E-state index in [1.54, 1.807) is 13.8 Å². The Morgan fingerprint density at radius 1 is 1.30 bits per heavy atom. The molecular formula is C15H23N3O4S. The van der Waals surface area contributed by atoms with Crippen molar-refractivity contribution in [2.75, 3.05) is 19.3 Å². The first-order valence-corrected chi connectivity index (χ1v) is 9.42. The smallest absolute Gasteiger partial charge is 0.268 e. The SMILES string of the molecule is CC(=O)c1c(C)[nH]c(C(=O)NC2CCCN(S(C)(=O)=O)C2)c1C. The van der Waals surface area contributed by atoms with Gasteiger partial charge in [-0.3, -0.25) is 9.59 Å². The van der Waals surface area contributed by atoms with Gasteiger partial charge in [0.2, 0.25) is 10.0 Å². The molecule has 1 unspecified atom stereocenters. The summed E-state index contributed by atoms with van der Waals surface area (Å²) in [6, 6.07) is -0.227. The quantitative estimate of drug-likeness (QED) is 0.798. The zero-order valence-electron chi connectivity index (χ0n) is 13.9. The van der Waals surface area contributed by atoms with Gasteiger partial charge in [-0.1, -0.05) is 0 Å². The Balaban J connectivity index is 2.14. The molecule has 0 bridgehead atoms. The van der Waals surface area contributed by atoms with Gasteiger partial charge in [-0.2, -0.15) is 0 Å². The van der Waals surface area contributed by atoms with E-state index in [2.05, 4.69) is 10.3 Å². The van der Waals surface area contributed by atoms with Crippen molar-refractivity contribution < 1.29 is 18.0 Å². The van der Waals surface area contributed by atoms with Crippen molar-refractivity contribution in [2.45, 2.75) is 39.7 Å². The van der Waals surface area contributed by atoms with E-state index in [9.17, 15) is 18.0 Å². The number of carbonyl (C=O) groups excluding carboxylic acids is 2. The topological polar surface area (TPSA) is 99.3 Å². The van der Waals surface area contributed by atoms with Gasteiger partial charge in [0.25, 0.3) is 5.91 Å². The number of carbonyl (C=O) groups is 2. The van der Waals surface area contributed by atoms with E-state index < -0.39 is 10.0 Å². The molecular weight excluding hydrogens is 318 g/mol. The Morgan fingerprint density at radius 3 is 2.48 bits per heavy atom. The number of piperidine rings is 1. The summed E-state index contributed by atoms with van der Waals surface area (Å²) in [5.74, 6) is -0.394. The van der Waals surface area contributed by atoms with Gasteiger partial charge in [0.05, 0.1) is 6.26 Å². The van der Waals surface area contributed by atoms with Crippen molar-refractivity contribution in [3.63, 3.8) is 0 Å². The largest absolute Gasteiger partial charge is 0.354 e. The molecule has 2 N–H and O–H groups in total. The molecule has 1 aliphatic heterocycles. The average Bonchev–Trinajstić information content (AvgIpc) is 2.73. The molecule has 0 spiro atoms. The number of nitrogens with zero attached hydrogens (tertiary/aromatic N) is 1. The van der Waals surface area contributed by atoms with Gasteiger partial charge < -0.3 is 10.3 Å². The lowest BCUT2D eigenvalue weighted by atomic mass is 10.1. The van der Waals surface area contributed by atoms with Gasteiger partial charge in [-0.25, -0.2) is 12.7 Å². The Hall–Kier alpha value is -1.67. The van der Waals surface area contributed by atoms with E-state index in [1.807, 2.05) is 0 Å². The molecule has 1 amide bonds. The van der Waals surface area contributed by atoms with Crippen molar-refractivity contribution >= 4 is 21.7 Å². The number of amides is 1. The fourth-order valence-electron chi connectivity index (χ4n) is 3.12. The number of sulfonamides is 1. The van der Waals surface area contributed by atoms with E-state index in [0.29, 0.717) is 35.5 Å². The predicted molar refractivity (Wildman–Crippen MR) is 87.2 cm³/mol. The van der Waals surface area contributed by atoms with Crippen LogP contribution in [0.4, 0.5) is 0 Å². The van der Waals surface area contributed by atoms with E-state index >= 15 is 0 Å². The highest BCUT2D eigenvalue weighted by atomic mass is 32.2. The summed E-state index contributed by atoms with van der Waals surface area (Å²) >= 11 is 0. The number of hydrogen-bond donors (Lipinski definition) is 2. The molecule has 0 aliphatic carbocycles. The second-order valence-electron chi connectivity index (χ2n) is 6.11. The van der Waals surface area contributed by atoms with Crippen molar-refractivity contribution in [3.8, 4) is 0 Å². The fraction of sp³-hybridized carbons (Fsp3) is 0.600. The van der Waals surface area contributed by atoms with E-state index in [-0.39, 0.29) is 24.3 Å². The lowest BCUT2D eigenvalue weighted by Crippen LogP contribution is -2.49. The van der Waals surface area contributed by atoms with Crippen molar-refractivity contribution in [1.82, 2.24) is 14.6 Å². The summed E-state index contributed by atoms with van der Waals surface area (Å²) in [6.07, 6.45) is 2.62. The highest BCUT2D eigenvalue weighted by Crippen LogP contribution is 2.19. The van der Waals surface area contributed by atoms with Crippen LogP contribution in [0.1, 0.15) is 51.9 Å². The van der Waals surface area contributed by atoms with Crippen LogP contribution < -0.4 is 5.32 Å². The van der Waals surface area contributed by atoms with Gasteiger partial charge in [-0.15, -0.1) is 0 Å². The van der Waals surface area contributed by atoms with Crippen LogP contribution in [0.25, 0.3) is 0 Å². The van der Waals surface area contributed by atoms with Gasteiger partial charge in [0.1, 0.15) is 5.69 Å². The van der Waals surface area contributed by atoms with Crippen LogP contribution in [-0.2, 0) is 10.0 Å². The second kappa shape index (κ2) is 6.45. The molecule has 2 heterocycles. The number of aromatic amines is 1. The van der Waals surface area contributed by atoms with Crippen LogP contribution in [0.2, 0.25) is 0 Å². The monoisotopic (exact) mass is 341 g/mol. The van der Waals surface area contributed by atoms with Gasteiger partial charge in [0.15, 0.2) is 5.78 Å². The maximum Gasteiger partial charge on any atom is 0.268 e. The van der Waals surface area contributed by atoms with E-state index in [1.165, 1.54) is 17.5 Å². The van der Waals surface area contributed by atoms with Gasteiger partial charge in [-0.05, 0) is 39.2 Å². The molecule has 1 aromatic heterocycles. The molecule has 1 atom stereocenters. The maximum absolute atomic E-state index is 12.5. The first-order chi connectivity index (χ1) is 10.6.